The lowest BCUT2D eigenvalue weighted by Gasteiger charge is -2.17. The van der Waals surface area contributed by atoms with Gasteiger partial charge in [0.05, 0.1) is 0 Å². The summed E-state index contributed by atoms with van der Waals surface area (Å²) in [6.45, 7) is 1.52. The minimum Gasteiger partial charge on any atom is -0.317 e. The summed E-state index contributed by atoms with van der Waals surface area (Å²) in [5.74, 6) is 0. The first-order valence-electron chi connectivity index (χ1n) is 3.20. The number of carbonyl (C=O) groups is 1. The maximum atomic E-state index is 10.7. The van der Waals surface area contributed by atoms with Gasteiger partial charge in [-0.05, 0) is 6.92 Å². The number of carbonyl (C=O) groups excluding carboxylic acids is 1. The van der Waals surface area contributed by atoms with Gasteiger partial charge < -0.3 is 5.32 Å². The third-order valence-electron chi connectivity index (χ3n) is 1.42. The molecule has 1 unspecified atom stereocenters. The van der Waals surface area contributed by atoms with Crippen LogP contribution in [0.3, 0.4) is 0 Å². The van der Waals surface area contributed by atoms with E-state index < -0.39 is 21.5 Å². The maximum absolute atomic E-state index is 10.7. The number of hydrogen-bond acceptors (Lipinski definition) is 3. The molecule has 12 heavy (non-hydrogen) atoms. The van der Waals surface area contributed by atoms with Crippen molar-refractivity contribution in [2.24, 2.45) is 4.99 Å². The summed E-state index contributed by atoms with van der Waals surface area (Å²) in [5.41, 5.74) is 0.390. The molecule has 0 saturated heterocycles. The van der Waals surface area contributed by atoms with E-state index in [4.69, 9.17) is 4.55 Å². The van der Waals surface area contributed by atoms with Gasteiger partial charge in [0.25, 0.3) is 10.1 Å². The number of nitrogens with one attached hydrogen (secondary N) is 1. The van der Waals surface area contributed by atoms with E-state index >= 15 is 0 Å². The van der Waals surface area contributed by atoms with Crippen LogP contribution < -0.4 is 5.32 Å². The molecule has 1 heterocycles. The Hall–Kier alpha value is -0.950. The molecule has 0 bridgehead atoms. The molecule has 1 aliphatic heterocycles. The van der Waals surface area contributed by atoms with Crippen molar-refractivity contribution in [3.05, 3.63) is 0 Å². The summed E-state index contributed by atoms with van der Waals surface area (Å²) < 4.78 is 29.7. The van der Waals surface area contributed by atoms with E-state index in [0.717, 1.165) is 0 Å². The molecule has 2 N–H and O–H groups in total. The molecule has 0 aromatic heterocycles. The molecule has 7 heteroatoms. The minimum absolute atomic E-state index is 0.0323. The summed E-state index contributed by atoms with van der Waals surface area (Å²) in [7, 11) is -4.20. The Kier molecular flexibility index (Phi) is 2.16. The van der Waals surface area contributed by atoms with Crippen LogP contribution in [0.1, 0.15) is 13.3 Å². The molecule has 1 atom stereocenters. The van der Waals surface area contributed by atoms with Crippen LogP contribution in [-0.4, -0.2) is 30.1 Å². The molecule has 1 aliphatic rings. The predicted octanol–water partition coefficient (Wildman–Crippen LogP) is -0.225. The van der Waals surface area contributed by atoms with E-state index in [2.05, 4.69) is 4.99 Å². The standard InChI is InChI=1S/C5H8N2O4S/c1-3-2-4(12(9,10)11)7-5(8)6-3/h4H,2H2,1H3,(H,7,8)(H,9,10,11). The minimum atomic E-state index is -4.20. The number of aliphatic imine (C=N–C) groups is 1. The maximum Gasteiger partial charge on any atom is 0.341 e. The zero-order chi connectivity index (χ0) is 9.35. The Morgan fingerprint density at radius 3 is 2.67 bits per heavy atom. The van der Waals surface area contributed by atoms with Gasteiger partial charge in [0.1, 0.15) is 0 Å². The van der Waals surface area contributed by atoms with E-state index in [1.54, 1.807) is 0 Å². The Bertz CT molecular complexity index is 331. The second kappa shape index (κ2) is 2.83. The summed E-state index contributed by atoms with van der Waals surface area (Å²) in [4.78, 5) is 14.1. The molecular formula is C5H8N2O4S. The first-order valence-corrected chi connectivity index (χ1v) is 4.71. The Morgan fingerprint density at radius 2 is 2.25 bits per heavy atom. The Labute approximate surface area is 69.4 Å². The second-order valence-electron chi connectivity index (χ2n) is 2.50. The lowest BCUT2D eigenvalue weighted by atomic mass is 10.3. The monoisotopic (exact) mass is 192 g/mol. The molecule has 0 aliphatic carbocycles. The fourth-order valence-electron chi connectivity index (χ4n) is 0.888. The van der Waals surface area contributed by atoms with Gasteiger partial charge >= 0.3 is 6.03 Å². The number of rotatable bonds is 1. The van der Waals surface area contributed by atoms with Gasteiger partial charge in [-0.25, -0.2) is 9.79 Å². The third-order valence-corrected chi connectivity index (χ3v) is 2.42. The van der Waals surface area contributed by atoms with E-state index in [1.807, 2.05) is 5.32 Å². The molecule has 2 amide bonds. The molecule has 0 radical (unpaired) electrons. The van der Waals surface area contributed by atoms with Crippen LogP contribution in [0, 0.1) is 0 Å². The molecular weight excluding hydrogens is 184 g/mol. The number of nitrogens with zero attached hydrogens (tertiary/aromatic N) is 1. The fraction of sp³-hybridized carbons (Fsp3) is 0.600. The van der Waals surface area contributed by atoms with Crippen molar-refractivity contribution in [2.45, 2.75) is 18.7 Å². The Morgan fingerprint density at radius 1 is 1.67 bits per heavy atom. The first-order chi connectivity index (χ1) is 5.39. The van der Waals surface area contributed by atoms with Crippen molar-refractivity contribution < 1.29 is 17.8 Å². The molecule has 0 spiro atoms. The van der Waals surface area contributed by atoms with Crippen molar-refractivity contribution >= 4 is 21.9 Å². The second-order valence-corrected chi connectivity index (χ2v) is 4.10. The molecule has 0 saturated carbocycles. The molecule has 0 aromatic carbocycles. The van der Waals surface area contributed by atoms with Crippen LogP contribution in [0.5, 0.6) is 0 Å². The van der Waals surface area contributed by atoms with Gasteiger partial charge in [-0.15, -0.1) is 0 Å². The zero-order valence-electron chi connectivity index (χ0n) is 6.31. The highest BCUT2D eigenvalue weighted by molar-refractivity contribution is 7.86. The number of hydrogen-bond donors (Lipinski definition) is 2. The van der Waals surface area contributed by atoms with Gasteiger partial charge in [-0.1, -0.05) is 0 Å². The van der Waals surface area contributed by atoms with Gasteiger partial charge in [0, 0.05) is 12.1 Å². The van der Waals surface area contributed by atoms with E-state index in [1.165, 1.54) is 6.92 Å². The van der Waals surface area contributed by atoms with Crippen LogP contribution in [-0.2, 0) is 10.1 Å². The molecule has 0 aromatic rings. The highest BCUT2D eigenvalue weighted by Crippen LogP contribution is 2.07. The highest BCUT2D eigenvalue weighted by atomic mass is 32.2. The lowest BCUT2D eigenvalue weighted by Crippen LogP contribution is -2.43. The van der Waals surface area contributed by atoms with Crippen molar-refractivity contribution in [2.75, 3.05) is 0 Å². The topological polar surface area (TPSA) is 95.8 Å². The van der Waals surface area contributed by atoms with Gasteiger partial charge in [0.2, 0.25) is 0 Å². The lowest BCUT2D eigenvalue weighted by molar-refractivity contribution is 0.246. The quantitative estimate of drug-likeness (QED) is 0.561. The van der Waals surface area contributed by atoms with Crippen molar-refractivity contribution in [3.63, 3.8) is 0 Å². The van der Waals surface area contributed by atoms with E-state index in [0.29, 0.717) is 5.71 Å². The van der Waals surface area contributed by atoms with Crippen molar-refractivity contribution in [1.82, 2.24) is 5.32 Å². The van der Waals surface area contributed by atoms with Crippen LogP contribution in [0.4, 0.5) is 4.79 Å². The molecule has 0 fully saturated rings. The van der Waals surface area contributed by atoms with Gasteiger partial charge in [0.15, 0.2) is 5.37 Å². The molecule has 68 valence electrons. The summed E-state index contributed by atoms with van der Waals surface area (Å²) in [6.07, 6.45) is 0.0323. The number of urea groups is 1. The van der Waals surface area contributed by atoms with Gasteiger partial charge in [-0.3, -0.25) is 4.55 Å². The fourth-order valence-corrected chi connectivity index (χ4v) is 1.59. The first kappa shape index (κ1) is 9.14. The smallest absolute Gasteiger partial charge is 0.317 e. The summed E-state index contributed by atoms with van der Waals surface area (Å²) in [5, 5.41) is 0.775. The van der Waals surface area contributed by atoms with Gasteiger partial charge in [-0.2, -0.15) is 8.42 Å². The molecule has 6 nitrogen and oxygen atoms in total. The predicted molar refractivity (Wildman–Crippen MR) is 41.6 cm³/mol. The average Bonchev–Trinajstić information content (AvgIpc) is 1.82. The van der Waals surface area contributed by atoms with E-state index in [-0.39, 0.29) is 6.42 Å². The summed E-state index contributed by atoms with van der Waals surface area (Å²) >= 11 is 0. The van der Waals surface area contributed by atoms with Crippen LogP contribution in [0.2, 0.25) is 0 Å². The van der Waals surface area contributed by atoms with E-state index in [9.17, 15) is 13.2 Å². The summed E-state index contributed by atoms with van der Waals surface area (Å²) in [6, 6.07) is -0.735. The van der Waals surface area contributed by atoms with Crippen molar-refractivity contribution in [1.29, 1.82) is 0 Å². The normalized spacial score (nSPS) is 24.7. The highest BCUT2D eigenvalue weighted by Gasteiger charge is 2.28. The third kappa shape index (κ3) is 2.02. The largest absolute Gasteiger partial charge is 0.341 e. The van der Waals surface area contributed by atoms with Crippen LogP contribution in [0.25, 0.3) is 0 Å². The average molecular weight is 192 g/mol. The number of amides is 2. The zero-order valence-corrected chi connectivity index (χ0v) is 7.13. The molecule has 1 rings (SSSR count). The van der Waals surface area contributed by atoms with Crippen LogP contribution in [0.15, 0.2) is 4.99 Å². The van der Waals surface area contributed by atoms with Crippen LogP contribution >= 0.6 is 0 Å². The SMILES string of the molecule is CC1=NC(=O)NC(S(=O)(=O)O)C1. The van der Waals surface area contributed by atoms with Crippen molar-refractivity contribution in [3.8, 4) is 0 Å². The Balaban J connectivity index is 2.89.